The maximum absolute atomic E-state index is 13.9. The van der Waals surface area contributed by atoms with E-state index in [1.54, 1.807) is 71.0 Å². The number of alkyl carbamates (subject to hydrolysis) is 1. The first-order valence-corrected chi connectivity index (χ1v) is 12.9. The lowest BCUT2D eigenvalue weighted by molar-refractivity contribution is -0.142. The van der Waals surface area contributed by atoms with Gasteiger partial charge in [-0.05, 0) is 64.8 Å². The fraction of sp³-hybridized carbons (Fsp3) is 0.393. The van der Waals surface area contributed by atoms with Gasteiger partial charge in [-0.2, -0.15) is 12.6 Å². The van der Waals surface area contributed by atoms with E-state index in [-0.39, 0.29) is 5.75 Å². The van der Waals surface area contributed by atoms with Crippen LogP contribution in [0.3, 0.4) is 0 Å². The molecule has 2 atom stereocenters. The van der Waals surface area contributed by atoms with E-state index >= 15 is 0 Å². The third-order valence-corrected chi connectivity index (χ3v) is 6.07. The number of benzene rings is 2. The number of ether oxygens (including phenoxy) is 1. The number of halogens is 1. The molecule has 0 aliphatic rings. The predicted molar refractivity (Wildman–Crippen MR) is 151 cm³/mol. The van der Waals surface area contributed by atoms with Crippen LogP contribution in [0.2, 0.25) is 5.02 Å². The molecular weight excluding hydrogens is 510 g/mol. The quantitative estimate of drug-likeness (QED) is 0.308. The Kier molecular flexibility index (Phi) is 10.5. The first kappa shape index (κ1) is 30.1. The molecular formula is C28H34ClN3O4S. The number of para-hydroxylation sites is 1. The number of carbonyl (C=O) groups is 3. The van der Waals surface area contributed by atoms with Crippen molar-refractivity contribution in [1.82, 2.24) is 10.2 Å². The number of hydrogen-bond donors (Lipinski definition) is 3. The highest BCUT2D eigenvalue weighted by molar-refractivity contribution is 7.80. The minimum Gasteiger partial charge on any atom is -0.444 e. The molecule has 0 radical (unpaired) electrons. The first-order valence-electron chi connectivity index (χ1n) is 11.8. The Labute approximate surface area is 229 Å². The lowest BCUT2D eigenvalue weighted by Gasteiger charge is -2.37. The fourth-order valence-corrected chi connectivity index (χ4v) is 4.28. The zero-order valence-corrected chi connectivity index (χ0v) is 23.6. The van der Waals surface area contributed by atoms with Crippen molar-refractivity contribution < 1.29 is 19.1 Å². The fourth-order valence-electron chi connectivity index (χ4n) is 3.76. The normalized spacial score (nSPS) is 12.8. The Bertz CT molecular complexity index is 1170. The molecule has 0 saturated carbocycles. The molecule has 37 heavy (non-hydrogen) atoms. The standard InChI is InChI=1S/C28H34ClN3O4S/c1-8-19-13-9-10-14-20(19)24(25(33)31-23-18(4)12-11-15-21(23)29)32(17(2)3)26(34)22(16-37)30-27(35)36-28(5,6)7/h1,9-15,17,22,24,37H,16H2,2-7H3,(H,30,35)(H,31,33). The molecule has 9 heteroatoms. The van der Waals surface area contributed by atoms with E-state index in [9.17, 15) is 14.4 Å². The molecule has 2 rings (SSSR count). The SMILES string of the molecule is C#Cc1ccccc1C(C(=O)Nc1c(C)cccc1Cl)N(C(=O)C(CS)NC(=O)OC(C)(C)C)C(C)C. The van der Waals surface area contributed by atoms with Gasteiger partial charge in [-0.3, -0.25) is 9.59 Å². The number of hydrogen-bond acceptors (Lipinski definition) is 5. The minimum absolute atomic E-state index is 0.0178. The van der Waals surface area contributed by atoms with Crippen LogP contribution < -0.4 is 10.6 Å². The highest BCUT2D eigenvalue weighted by Crippen LogP contribution is 2.31. The summed E-state index contributed by atoms with van der Waals surface area (Å²) in [7, 11) is 0. The highest BCUT2D eigenvalue weighted by Gasteiger charge is 2.38. The number of rotatable bonds is 8. The summed E-state index contributed by atoms with van der Waals surface area (Å²) >= 11 is 10.7. The average molecular weight is 544 g/mol. The summed E-state index contributed by atoms with van der Waals surface area (Å²) in [5.74, 6) is 1.57. The largest absolute Gasteiger partial charge is 0.444 e. The van der Waals surface area contributed by atoms with Crippen LogP contribution >= 0.6 is 24.2 Å². The van der Waals surface area contributed by atoms with Crippen LogP contribution in [-0.4, -0.2) is 46.2 Å². The molecule has 0 spiro atoms. The van der Waals surface area contributed by atoms with Crippen molar-refractivity contribution >= 4 is 47.8 Å². The monoisotopic (exact) mass is 543 g/mol. The second-order valence-electron chi connectivity index (χ2n) is 9.78. The average Bonchev–Trinajstić information content (AvgIpc) is 2.81. The zero-order chi connectivity index (χ0) is 27.9. The molecule has 2 aromatic rings. The van der Waals surface area contributed by atoms with Gasteiger partial charge in [-0.15, -0.1) is 6.42 Å². The van der Waals surface area contributed by atoms with Crippen molar-refractivity contribution in [3.05, 3.63) is 64.2 Å². The van der Waals surface area contributed by atoms with Crippen LogP contribution in [0.15, 0.2) is 42.5 Å². The number of aryl methyl sites for hydroxylation is 1. The van der Waals surface area contributed by atoms with Gasteiger partial charge in [0.2, 0.25) is 5.91 Å². The molecule has 2 unspecified atom stereocenters. The molecule has 2 aromatic carbocycles. The van der Waals surface area contributed by atoms with Gasteiger partial charge in [-0.1, -0.05) is 47.9 Å². The van der Waals surface area contributed by atoms with Crippen LogP contribution in [0.5, 0.6) is 0 Å². The van der Waals surface area contributed by atoms with Gasteiger partial charge in [0.1, 0.15) is 17.7 Å². The number of nitrogens with zero attached hydrogens (tertiary/aromatic N) is 1. The van der Waals surface area contributed by atoms with Crippen LogP contribution in [0.1, 0.15) is 57.4 Å². The van der Waals surface area contributed by atoms with Crippen LogP contribution in [0.25, 0.3) is 0 Å². The Morgan fingerprint density at radius 3 is 2.32 bits per heavy atom. The number of nitrogens with one attached hydrogen (secondary N) is 2. The molecule has 0 aromatic heterocycles. The van der Waals surface area contributed by atoms with Crippen molar-refractivity contribution in [2.45, 2.75) is 65.3 Å². The second-order valence-corrected chi connectivity index (χ2v) is 10.5. The second kappa shape index (κ2) is 12.9. The van der Waals surface area contributed by atoms with Crippen molar-refractivity contribution in [1.29, 1.82) is 0 Å². The summed E-state index contributed by atoms with van der Waals surface area (Å²) in [4.78, 5) is 41.6. The summed E-state index contributed by atoms with van der Waals surface area (Å²) in [5, 5.41) is 5.82. The highest BCUT2D eigenvalue weighted by atomic mass is 35.5. The van der Waals surface area contributed by atoms with Gasteiger partial charge < -0.3 is 20.3 Å². The Balaban J connectivity index is 2.57. The molecule has 0 aliphatic heterocycles. The van der Waals surface area contributed by atoms with E-state index in [4.69, 9.17) is 22.8 Å². The van der Waals surface area contributed by atoms with Gasteiger partial charge in [0.25, 0.3) is 5.91 Å². The molecule has 0 aliphatic carbocycles. The van der Waals surface area contributed by atoms with Crippen LogP contribution in [0, 0.1) is 19.3 Å². The Morgan fingerprint density at radius 1 is 1.14 bits per heavy atom. The Morgan fingerprint density at radius 2 is 1.78 bits per heavy atom. The minimum atomic E-state index is -1.13. The lowest BCUT2D eigenvalue weighted by atomic mass is 9.96. The van der Waals surface area contributed by atoms with E-state index in [0.717, 1.165) is 5.56 Å². The molecule has 0 heterocycles. The third kappa shape index (κ3) is 7.91. The number of carbonyl (C=O) groups excluding carboxylic acids is 3. The molecule has 3 amide bonds. The van der Waals surface area contributed by atoms with Gasteiger partial charge in [-0.25, -0.2) is 4.79 Å². The van der Waals surface area contributed by atoms with E-state index in [1.165, 1.54) is 4.90 Å². The Hall–Kier alpha value is -3.15. The van der Waals surface area contributed by atoms with Crippen molar-refractivity contribution in [3.8, 4) is 12.3 Å². The molecule has 7 nitrogen and oxygen atoms in total. The maximum atomic E-state index is 13.9. The van der Waals surface area contributed by atoms with Crippen LogP contribution in [0.4, 0.5) is 10.5 Å². The van der Waals surface area contributed by atoms with Crippen molar-refractivity contribution in [3.63, 3.8) is 0 Å². The van der Waals surface area contributed by atoms with Crippen molar-refractivity contribution in [2.24, 2.45) is 0 Å². The lowest BCUT2D eigenvalue weighted by Crippen LogP contribution is -2.55. The van der Waals surface area contributed by atoms with Crippen molar-refractivity contribution in [2.75, 3.05) is 11.1 Å². The van der Waals surface area contributed by atoms with E-state index in [1.807, 2.05) is 13.0 Å². The third-order valence-electron chi connectivity index (χ3n) is 5.39. The van der Waals surface area contributed by atoms with Crippen LogP contribution in [-0.2, 0) is 14.3 Å². The van der Waals surface area contributed by atoms with Gasteiger partial charge in [0.05, 0.1) is 10.7 Å². The van der Waals surface area contributed by atoms with Gasteiger partial charge >= 0.3 is 6.09 Å². The molecule has 0 bridgehead atoms. The number of anilines is 1. The van der Waals surface area contributed by atoms with E-state index < -0.39 is 41.6 Å². The number of amides is 3. The number of terminal acetylenes is 1. The topological polar surface area (TPSA) is 87.7 Å². The van der Waals surface area contributed by atoms with E-state index in [2.05, 4.69) is 29.2 Å². The predicted octanol–water partition coefficient (Wildman–Crippen LogP) is 5.37. The maximum Gasteiger partial charge on any atom is 0.408 e. The zero-order valence-electron chi connectivity index (χ0n) is 22.0. The molecule has 0 fully saturated rings. The molecule has 0 saturated heterocycles. The van der Waals surface area contributed by atoms with Gasteiger partial charge in [0.15, 0.2) is 0 Å². The van der Waals surface area contributed by atoms with E-state index in [0.29, 0.717) is 21.8 Å². The summed E-state index contributed by atoms with van der Waals surface area (Å²) in [6.45, 7) is 10.5. The summed E-state index contributed by atoms with van der Waals surface area (Å²) in [6, 6.07) is 9.54. The van der Waals surface area contributed by atoms with Gasteiger partial charge in [0, 0.05) is 17.4 Å². The summed E-state index contributed by atoms with van der Waals surface area (Å²) < 4.78 is 5.32. The smallest absolute Gasteiger partial charge is 0.408 e. The summed E-state index contributed by atoms with van der Waals surface area (Å²) in [6.07, 6.45) is 5.00. The summed E-state index contributed by atoms with van der Waals surface area (Å²) in [5.41, 5.74) is 1.36. The molecule has 2 N–H and O–H groups in total. The number of thiol groups is 1. The molecule has 198 valence electrons. The first-order chi connectivity index (χ1) is 17.3.